The number of alkyl halides is 6. The van der Waals surface area contributed by atoms with E-state index in [1.807, 2.05) is 0 Å². The molecule has 0 unspecified atom stereocenters. The molecule has 8 heteroatoms. The first kappa shape index (κ1) is 17.9. The number of benzene rings is 1. The lowest BCUT2D eigenvalue weighted by Crippen LogP contribution is -2.35. The van der Waals surface area contributed by atoms with Crippen LogP contribution in [0.1, 0.15) is 18.1 Å². The van der Waals surface area contributed by atoms with Crippen molar-refractivity contribution < 1.29 is 26.3 Å². The van der Waals surface area contributed by atoms with Crippen LogP contribution < -0.4 is 4.90 Å². The van der Waals surface area contributed by atoms with Crippen molar-refractivity contribution in [2.75, 3.05) is 18.0 Å². The summed E-state index contributed by atoms with van der Waals surface area (Å²) in [6.45, 7) is 3.28. The second-order valence-electron chi connectivity index (χ2n) is 4.77. The molecule has 0 N–H and O–H groups in total. The summed E-state index contributed by atoms with van der Waals surface area (Å²) in [5, 5.41) is 8.69. The van der Waals surface area contributed by atoms with E-state index in [0.717, 1.165) is 17.0 Å². The normalized spacial score (nSPS) is 11.9. The number of halogens is 6. The van der Waals surface area contributed by atoms with Gasteiger partial charge in [-0.1, -0.05) is 12.2 Å². The monoisotopic (exact) mass is 322 g/mol. The predicted octanol–water partition coefficient (Wildman–Crippen LogP) is 4.52. The molecule has 0 heterocycles. The maximum Gasteiger partial charge on any atom is 0.417 e. The van der Waals surface area contributed by atoms with Gasteiger partial charge in [0.2, 0.25) is 0 Å². The molecule has 1 aromatic carbocycles. The van der Waals surface area contributed by atoms with Crippen LogP contribution in [-0.2, 0) is 6.18 Å². The average molecular weight is 322 g/mol. The topological polar surface area (TPSA) is 27.0 Å². The molecule has 0 aliphatic heterocycles. The molecule has 0 fully saturated rings. The van der Waals surface area contributed by atoms with Crippen LogP contribution in [0.4, 0.5) is 32.0 Å². The molecule has 0 aliphatic rings. The summed E-state index contributed by atoms with van der Waals surface area (Å²) in [4.78, 5) is 0.735. The molecule has 0 spiro atoms. The number of nitrogens with zero attached hydrogens (tertiary/aromatic N) is 2. The molecule has 2 nitrogen and oxygen atoms in total. The van der Waals surface area contributed by atoms with E-state index in [-0.39, 0.29) is 12.2 Å². The van der Waals surface area contributed by atoms with Crippen molar-refractivity contribution in [1.29, 1.82) is 5.26 Å². The van der Waals surface area contributed by atoms with Gasteiger partial charge in [-0.3, -0.25) is 0 Å². The number of anilines is 1. The van der Waals surface area contributed by atoms with Gasteiger partial charge < -0.3 is 4.90 Å². The molecule has 1 rings (SSSR count). The summed E-state index contributed by atoms with van der Waals surface area (Å²) in [5.74, 6) is 0. The summed E-state index contributed by atoms with van der Waals surface area (Å²) in [5.41, 5.74) is -1.81. The van der Waals surface area contributed by atoms with Crippen LogP contribution in [-0.4, -0.2) is 19.3 Å². The molecule has 0 bridgehead atoms. The summed E-state index contributed by atoms with van der Waals surface area (Å²) in [6, 6.07) is 3.85. The third kappa shape index (κ3) is 4.98. The van der Waals surface area contributed by atoms with Gasteiger partial charge in [0.1, 0.15) is 6.54 Å². The Labute approximate surface area is 123 Å². The van der Waals surface area contributed by atoms with Gasteiger partial charge in [-0.05, 0) is 25.1 Å². The van der Waals surface area contributed by atoms with Gasteiger partial charge in [-0.15, -0.1) is 0 Å². The highest BCUT2D eigenvalue weighted by Gasteiger charge is 2.35. The van der Waals surface area contributed by atoms with Crippen molar-refractivity contribution in [3.63, 3.8) is 0 Å². The molecular weight excluding hydrogens is 310 g/mol. The van der Waals surface area contributed by atoms with Crippen LogP contribution in [0, 0.1) is 11.3 Å². The van der Waals surface area contributed by atoms with Gasteiger partial charge in [-0.2, -0.15) is 31.6 Å². The fourth-order valence-electron chi connectivity index (χ4n) is 1.84. The number of hydrogen-bond donors (Lipinski definition) is 0. The van der Waals surface area contributed by atoms with Gasteiger partial charge in [0, 0.05) is 12.2 Å². The van der Waals surface area contributed by atoms with E-state index in [1.165, 1.54) is 13.0 Å². The molecular formula is C14H12F6N2. The second kappa shape index (κ2) is 6.30. The fourth-order valence-corrected chi connectivity index (χ4v) is 1.84. The van der Waals surface area contributed by atoms with Crippen molar-refractivity contribution in [3.8, 4) is 6.07 Å². The van der Waals surface area contributed by atoms with E-state index in [1.54, 1.807) is 0 Å². The SMILES string of the molecule is C=C(C)CN(CC(F)(F)F)c1ccc(C#N)c(C(F)(F)F)c1. The summed E-state index contributed by atoms with van der Waals surface area (Å²) >= 11 is 0. The van der Waals surface area contributed by atoms with Crippen LogP contribution in [0.15, 0.2) is 30.4 Å². The minimum atomic E-state index is -4.83. The second-order valence-corrected chi connectivity index (χ2v) is 4.77. The quantitative estimate of drug-likeness (QED) is 0.602. The minimum Gasteiger partial charge on any atom is -0.359 e. The largest absolute Gasteiger partial charge is 0.417 e. The molecule has 0 aliphatic carbocycles. The minimum absolute atomic E-state index is 0.247. The lowest BCUT2D eigenvalue weighted by atomic mass is 10.1. The third-order valence-electron chi connectivity index (χ3n) is 2.63. The smallest absolute Gasteiger partial charge is 0.359 e. The van der Waals surface area contributed by atoms with Gasteiger partial charge in [0.25, 0.3) is 0 Å². The van der Waals surface area contributed by atoms with Crippen LogP contribution in [0.2, 0.25) is 0 Å². The zero-order valence-corrected chi connectivity index (χ0v) is 11.5. The molecule has 0 atom stereocenters. The lowest BCUT2D eigenvalue weighted by Gasteiger charge is -2.27. The average Bonchev–Trinajstić information content (AvgIpc) is 2.34. The first-order valence-corrected chi connectivity index (χ1v) is 6.01. The maximum atomic E-state index is 12.9. The van der Waals surface area contributed by atoms with E-state index >= 15 is 0 Å². The van der Waals surface area contributed by atoms with E-state index in [0.29, 0.717) is 11.6 Å². The van der Waals surface area contributed by atoms with Crippen LogP contribution in [0.3, 0.4) is 0 Å². The molecule has 1 aromatic rings. The molecule has 120 valence electrons. The van der Waals surface area contributed by atoms with E-state index in [4.69, 9.17) is 5.26 Å². The highest BCUT2D eigenvalue weighted by atomic mass is 19.4. The van der Waals surface area contributed by atoms with E-state index in [9.17, 15) is 26.3 Å². The zero-order valence-electron chi connectivity index (χ0n) is 11.5. The molecule has 0 aromatic heterocycles. The lowest BCUT2D eigenvalue weighted by molar-refractivity contribution is -0.137. The Morgan fingerprint density at radius 3 is 2.23 bits per heavy atom. The first-order valence-electron chi connectivity index (χ1n) is 6.01. The summed E-state index contributed by atoms with van der Waals surface area (Å²) in [6.07, 6.45) is -9.41. The summed E-state index contributed by atoms with van der Waals surface area (Å²) in [7, 11) is 0. The highest BCUT2D eigenvalue weighted by molar-refractivity contribution is 5.55. The zero-order chi connectivity index (χ0) is 17.1. The molecule has 22 heavy (non-hydrogen) atoms. The molecule has 0 saturated heterocycles. The predicted molar refractivity (Wildman–Crippen MR) is 69.2 cm³/mol. The highest BCUT2D eigenvalue weighted by Crippen LogP contribution is 2.35. The standard InChI is InChI=1S/C14H12F6N2/c1-9(2)7-22(8-13(15,16)17)11-4-3-10(6-21)12(5-11)14(18,19)20/h3-5H,1,7-8H2,2H3. The fraction of sp³-hybridized carbons (Fsp3) is 0.357. The molecule has 0 radical (unpaired) electrons. The first-order chi connectivity index (χ1) is 9.94. The van der Waals surface area contributed by atoms with Gasteiger partial charge in [0.05, 0.1) is 17.2 Å². The maximum absolute atomic E-state index is 12.9. The van der Waals surface area contributed by atoms with Gasteiger partial charge in [-0.25, -0.2) is 0 Å². The Kier molecular flexibility index (Phi) is 5.12. The van der Waals surface area contributed by atoms with Crippen LogP contribution in [0.25, 0.3) is 0 Å². The van der Waals surface area contributed by atoms with Gasteiger partial charge >= 0.3 is 12.4 Å². The van der Waals surface area contributed by atoms with Gasteiger partial charge in [0.15, 0.2) is 0 Å². The van der Waals surface area contributed by atoms with Crippen molar-refractivity contribution >= 4 is 5.69 Å². The van der Waals surface area contributed by atoms with Crippen molar-refractivity contribution in [1.82, 2.24) is 0 Å². The summed E-state index contributed by atoms with van der Waals surface area (Å²) < 4.78 is 76.3. The molecule has 0 saturated carbocycles. The van der Waals surface area contributed by atoms with E-state index in [2.05, 4.69) is 6.58 Å². The van der Waals surface area contributed by atoms with Crippen molar-refractivity contribution in [2.24, 2.45) is 0 Å². The Morgan fingerprint density at radius 2 is 1.82 bits per heavy atom. The van der Waals surface area contributed by atoms with Crippen LogP contribution in [0.5, 0.6) is 0 Å². The Hall–Kier alpha value is -2.17. The van der Waals surface area contributed by atoms with Crippen molar-refractivity contribution in [3.05, 3.63) is 41.5 Å². The Balaban J connectivity index is 3.31. The Morgan fingerprint density at radius 1 is 1.23 bits per heavy atom. The van der Waals surface area contributed by atoms with Crippen LogP contribution >= 0.6 is 0 Å². The number of hydrogen-bond acceptors (Lipinski definition) is 2. The number of nitriles is 1. The third-order valence-corrected chi connectivity index (χ3v) is 2.63. The number of rotatable bonds is 4. The Bertz CT molecular complexity index is 595. The van der Waals surface area contributed by atoms with Crippen molar-refractivity contribution in [2.45, 2.75) is 19.3 Å². The molecule has 0 amide bonds. The van der Waals surface area contributed by atoms with E-state index < -0.39 is 30.0 Å².